The quantitative estimate of drug-likeness (QED) is 0.475. The van der Waals surface area contributed by atoms with E-state index in [0.29, 0.717) is 17.4 Å². The van der Waals surface area contributed by atoms with Gasteiger partial charge in [-0.2, -0.15) is 5.10 Å². The molecule has 0 radical (unpaired) electrons. The highest BCUT2D eigenvalue weighted by Gasteiger charge is 2.18. The second-order valence-corrected chi connectivity index (χ2v) is 7.68. The van der Waals surface area contributed by atoms with Gasteiger partial charge in [0.25, 0.3) is 5.95 Å². The molecule has 0 bridgehead atoms. The molecule has 0 saturated carbocycles. The molecule has 2 aromatic carbocycles. The summed E-state index contributed by atoms with van der Waals surface area (Å²) in [5.41, 5.74) is 4.91. The molecule has 1 N–H and O–H groups in total. The molecule has 0 fully saturated rings. The average molecular weight is 428 g/mol. The van der Waals surface area contributed by atoms with Crippen LogP contribution in [0.5, 0.6) is 11.5 Å². The van der Waals surface area contributed by atoms with Gasteiger partial charge < -0.3 is 10.1 Å². The highest BCUT2D eigenvalue weighted by Crippen LogP contribution is 2.24. The number of benzene rings is 2. The Labute approximate surface area is 187 Å². The zero-order valence-corrected chi connectivity index (χ0v) is 18.6. The maximum Gasteiger partial charge on any atom is 0.251 e. The lowest BCUT2D eigenvalue weighted by Gasteiger charge is -2.09. The summed E-state index contributed by atoms with van der Waals surface area (Å²) < 4.78 is 7.55. The van der Waals surface area contributed by atoms with E-state index in [4.69, 9.17) is 4.74 Å². The molecule has 0 unspecified atom stereocenters. The van der Waals surface area contributed by atoms with E-state index in [1.54, 1.807) is 10.7 Å². The Hall–Kier alpha value is -4.00. The number of aryl methyl sites for hydroxylation is 3. The number of amides is 1. The second-order valence-electron chi connectivity index (χ2n) is 7.68. The van der Waals surface area contributed by atoms with E-state index in [-0.39, 0.29) is 12.3 Å². The zero-order valence-electron chi connectivity index (χ0n) is 18.6. The third-order valence-corrected chi connectivity index (χ3v) is 5.04. The average Bonchev–Trinajstić information content (AvgIpc) is 3.02. The molecular weight excluding hydrogens is 402 g/mol. The summed E-state index contributed by atoms with van der Waals surface area (Å²) in [7, 11) is 0. The summed E-state index contributed by atoms with van der Waals surface area (Å²) in [6.07, 6.45) is 0.201. The summed E-state index contributed by atoms with van der Waals surface area (Å²) in [4.78, 5) is 21.8. The Kier molecular flexibility index (Phi) is 5.98. The van der Waals surface area contributed by atoms with Gasteiger partial charge in [-0.1, -0.05) is 24.3 Å². The molecule has 2 aromatic heterocycles. The predicted octanol–water partition coefficient (Wildman–Crippen LogP) is 4.87. The number of nitrogens with zero attached hydrogens (tertiary/aromatic N) is 4. The minimum absolute atomic E-state index is 0.131. The zero-order chi connectivity index (χ0) is 22.7. The molecule has 2 heterocycles. The van der Waals surface area contributed by atoms with Crippen LogP contribution >= 0.6 is 0 Å². The van der Waals surface area contributed by atoms with E-state index in [1.165, 1.54) is 0 Å². The number of nitrogens with one attached hydrogen (secondary N) is 1. The third-order valence-electron chi connectivity index (χ3n) is 5.04. The molecular formula is C25H25N5O2. The fourth-order valence-corrected chi connectivity index (χ4v) is 3.56. The Balaban J connectivity index is 1.49. The lowest BCUT2D eigenvalue weighted by molar-refractivity contribution is -0.115. The first-order valence-corrected chi connectivity index (χ1v) is 10.4. The molecule has 0 atom stereocenters. The fraction of sp³-hybridized carbons (Fsp3) is 0.200. The smallest absolute Gasteiger partial charge is 0.251 e. The van der Waals surface area contributed by atoms with Gasteiger partial charge in [-0.25, -0.2) is 14.6 Å². The molecule has 0 aliphatic carbocycles. The summed E-state index contributed by atoms with van der Waals surface area (Å²) in [5, 5.41) is 7.53. The predicted molar refractivity (Wildman–Crippen MR) is 123 cm³/mol. The Bertz CT molecular complexity index is 1240. The Morgan fingerprint density at radius 3 is 2.31 bits per heavy atom. The first-order valence-electron chi connectivity index (χ1n) is 10.4. The second kappa shape index (κ2) is 9.01. The topological polar surface area (TPSA) is 81.9 Å². The van der Waals surface area contributed by atoms with Crippen LogP contribution in [-0.2, 0) is 11.2 Å². The maximum atomic E-state index is 12.8. The minimum Gasteiger partial charge on any atom is -0.457 e. The van der Waals surface area contributed by atoms with E-state index in [0.717, 1.165) is 34.1 Å². The van der Waals surface area contributed by atoms with Gasteiger partial charge in [-0.15, -0.1) is 0 Å². The van der Waals surface area contributed by atoms with Crippen molar-refractivity contribution in [3.8, 4) is 17.4 Å². The van der Waals surface area contributed by atoms with Crippen molar-refractivity contribution in [2.75, 3.05) is 5.32 Å². The van der Waals surface area contributed by atoms with Gasteiger partial charge >= 0.3 is 0 Å². The molecule has 0 saturated heterocycles. The van der Waals surface area contributed by atoms with E-state index >= 15 is 0 Å². The molecule has 0 aliphatic heterocycles. The summed E-state index contributed by atoms with van der Waals surface area (Å²) >= 11 is 0. The normalized spacial score (nSPS) is 10.8. The third kappa shape index (κ3) is 4.83. The Morgan fingerprint density at radius 2 is 1.59 bits per heavy atom. The van der Waals surface area contributed by atoms with Gasteiger partial charge in [0, 0.05) is 34.4 Å². The molecule has 162 valence electrons. The molecule has 4 aromatic rings. The fourth-order valence-electron chi connectivity index (χ4n) is 3.56. The molecule has 4 rings (SSSR count). The van der Waals surface area contributed by atoms with Crippen molar-refractivity contribution in [1.82, 2.24) is 19.7 Å². The van der Waals surface area contributed by atoms with Crippen molar-refractivity contribution < 1.29 is 9.53 Å². The molecule has 1 amide bonds. The van der Waals surface area contributed by atoms with Crippen LogP contribution in [0.25, 0.3) is 5.95 Å². The number of anilines is 1. The van der Waals surface area contributed by atoms with Crippen LogP contribution < -0.4 is 10.1 Å². The van der Waals surface area contributed by atoms with Crippen LogP contribution in [0.3, 0.4) is 0 Å². The van der Waals surface area contributed by atoms with Crippen molar-refractivity contribution >= 4 is 11.6 Å². The van der Waals surface area contributed by atoms with Gasteiger partial charge in [0.15, 0.2) is 0 Å². The van der Waals surface area contributed by atoms with Gasteiger partial charge in [-0.3, -0.25) is 4.79 Å². The van der Waals surface area contributed by atoms with Gasteiger partial charge in [0.05, 0.1) is 12.1 Å². The highest BCUT2D eigenvalue weighted by molar-refractivity contribution is 5.92. The maximum absolute atomic E-state index is 12.8. The molecule has 7 nitrogen and oxygen atoms in total. The van der Waals surface area contributed by atoms with Crippen molar-refractivity contribution in [2.45, 2.75) is 34.1 Å². The monoisotopic (exact) mass is 427 g/mol. The molecule has 32 heavy (non-hydrogen) atoms. The first kappa shape index (κ1) is 21.2. The van der Waals surface area contributed by atoms with E-state index in [2.05, 4.69) is 20.4 Å². The van der Waals surface area contributed by atoms with Crippen LogP contribution in [0.15, 0.2) is 60.7 Å². The number of ether oxygens (including phenoxy) is 1. The highest BCUT2D eigenvalue weighted by atomic mass is 16.5. The number of rotatable bonds is 6. The number of carbonyl (C=O) groups excluding carboxylic acids is 1. The van der Waals surface area contributed by atoms with Crippen LogP contribution in [0, 0.1) is 27.7 Å². The Morgan fingerprint density at radius 1 is 0.906 bits per heavy atom. The van der Waals surface area contributed by atoms with Crippen LogP contribution in [0.2, 0.25) is 0 Å². The number of hydrogen-bond donors (Lipinski definition) is 1. The molecule has 0 spiro atoms. The van der Waals surface area contributed by atoms with Crippen LogP contribution in [-0.4, -0.2) is 25.7 Å². The van der Waals surface area contributed by atoms with E-state index < -0.39 is 0 Å². The standard InChI is InChI=1S/C25H25N5O2/c1-16-13-17(2)27-25(26-16)30-19(4)23(18(3)29-30)15-24(31)28-20-9-8-12-22(14-20)32-21-10-6-5-7-11-21/h5-14H,15H2,1-4H3,(H,28,31). The molecule has 7 heteroatoms. The van der Waals surface area contributed by atoms with Crippen molar-refractivity contribution in [3.63, 3.8) is 0 Å². The van der Waals surface area contributed by atoms with E-state index in [1.807, 2.05) is 82.3 Å². The van der Waals surface area contributed by atoms with Gasteiger partial charge in [0.1, 0.15) is 11.5 Å². The lowest BCUT2D eigenvalue weighted by Crippen LogP contribution is -2.15. The number of aromatic nitrogens is 4. The van der Waals surface area contributed by atoms with Crippen LogP contribution in [0.1, 0.15) is 28.3 Å². The van der Waals surface area contributed by atoms with E-state index in [9.17, 15) is 4.79 Å². The number of para-hydroxylation sites is 1. The van der Waals surface area contributed by atoms with Gasteiger partial charge in [-0.05, 0) is 58.0 Å². The summed E-state index contributed by atoms with van der Waals surface area (Å²) in [6.45, 7) is 7.67. The van der Waals surface area contributed by atoms with Gasteiger partial charge in [0.2, 0.25) is 5.91 Å². The minimum atomic E-state index is -0.131. The first-order chi connectivity index (χ1) is 15.4. The van der Waals surface area contributed by atoms with Crippen molar-refractivity contribution in [3.05, 3.63) is 89.0 Å². The van der Waals surface area contributed by atoms with Crippen LogP contribution in [0.4, 0.5) is 5.69 Å². The van der Waals surface area contributed by atoms with Crippen molar-refractivity contribution in [1.29, 1.82) is 0 Å². The molecule has 0 aliphatic rings. The number of carbonyl (C=O) groups is 1. The van der Waals surface area contributed by atoms with Crippen molar-refractivity contribution in [2.24, 2.45) is 0 Å². The summed E-state index contributed by atoms with van der Waals surface area (Å²) in [6, 6.07) is 18.8. The largest absolute Gasteiger partial charge is 0.457 e. The summed E-state index contributed by atoms with van der Waals surface area (Å²) in [5.74, 6) is 1.78. The number of hydrogen-bond acceptors (Lipinski definition) is 5. The SMILES string of the molecule is Cc1cc(C)nc(-n2nc(C)c(CC(=O)Nc3cccc(Oc4ccccc4)c3)c2C)n1. The lowest BCUT2D eigenvalue weighted by atomic mass is 10.1.